The molecule has 3 atom stereocenters. The zero-order valence-corrected chi connectivity index (χ0v) is 10.8. The van der Waals surface area contributed by atoms with Crippen molar-refractivity contribution in [3.05, 3.63) is 12.2 Å². The Kier molecular flexibility index (Phi) is 3.43. The molecule has 4 heteroatoms. The molecule has 4 nitrogen and oxygen atoms in total. The van der Waals surface area contributed by atoms with Gasteiger partial charge in [0.1, 0.15) is 5.60 Å². The second-order valence-corrected chi connectivity index (χ2v) is 5.90. The lowest BCUT2D eigenvalue weighted by molar-refractivity contribution is 0.0482. The fourth-order valence-corrected chi connectivity index (χ4v) is 2.57. The van der Waals surface area contributed by atoms with E-state index in [1.165, 1.54) is 0 Å². The number of nitrogens with one attached hydrogen (secondary N) is 2. The summed E-state index contributed by atoms with van der Waals surface area (Å²) in [6.45, 7) is 7.65. The largest absolute Gasteiger partial charge is 0.444 e. The Balaban J connectivity index is 1.90. The monoisotopic (exact) mass is 238 g/mol. The molecule has 0 spiro atoms. The van der Waals surface area contributed by atoms with E-state index in [-0.39, 0.29) is 12.1 Å². The van der Waals surface area contributed by atoms with E-state index < -0.39 is 5.60 Å². The van der Waals surface area contributed by atoms with Crippen molar-refractivity contribution in [2.45, 2.75) is 38.8 Å². The first-order valence-corrected chi connectivity index (χ1v) is 6.32. The van der Waals surface area contributed by atoms with Gasteiger partial charge in [0, 0.05) is 19.1 Å². The summed E-state index contributed by atoms with van der Waals surface area (Å²) in [5, 5.41) is 6.37. The van der Waals surface area contributed by atoms with Gasteiger partial charge in [-0.15, -0.1) is 0 Å². The number of ether oxygens (including phenoxy) is 1. The summed E-state index contributed by atoms with van der Waals surface area (Å²) in [5.74, 6) is 1.07. The number of fused-ring (bicyclic) bond motifs is 1. The first-order chi connectivity index (χ1) is 7.96. The maximum absolute atomic E-state index is 11.7. The predicted octanol–water partition coefficient (Wildman–Crippen LogP) is 1.68. The van der Waals surface area contributed by atoms with Gasteiger partial charge < -0.3 is 15.4 Å². The third-order valence-corrected chi connectivity index (χ3v) is 3.30. The van der Waals surface area contributed by atoms with Crippen molar-refractivity contribution in [3.63, 3.8) is 0 Å². The Morgan fingerprint density at radius 3 is 2.88 bits per heavy atom. The van der Waals surface area contributed by atoms with Crippen LogP contribution in [0.15, 0.2) is 12.2 Å². The van der Waals surface area contributed by atoms with E-state index in [4.69, 9.17) is 4.74 Å². The number of carbonyl (C=O) groups is 1. The highest BCUT2D eigenvalue weighted by atomic mass is 16.6. The maximum Gasteiger partial charge on any atom is 0.407 e. The minimum Gasteiger partial charge on any atom is -0.444 e. The minimum atomic E-state index is -0.429. The standard InChI is InChI=1S/C13H22N2O2/c1-13(2,3)17-12(16)15-11-6-4-5-9-7-14-8-10(9)11/h4-5,9-11,14H,6-8H2,1-3H3,(H,15,16). The highest BCUT2D eigenvalue weighted by Crippen LogP contribution is 2.28. The smallest absolute Gasteiger partial charge is 0.407 e. The Morgan fingerprint density at radius 2 is 2.18 bits per heavy atom. The molecule has 1 aliphatic carbocycles. The highest BCUT2D eigenvalue weighted by molar-refractivity contribution is 5.68. The van der Waals surface area contributed by atoms with Crippen LogP contribution >= 0.6 is 0 Å². The van der Waals surface area contributed by atoms with Gasteiger partial charge in [0.25, 0.3) is 0 Å². The Bertz CT molecular complexity index is 320. The van der Waals surface area contributed by atoms with Gasteiger partial charge in [-0.2, -0.15) is 0 Å². The van der Waals surface area contributed by atoms with E-state index in [9.17, 15) is 4.79 Å². The van der Waals surface area contributed by atoms with Gasteiger partial charge in [-0.05, 0) is 39.0 Å². The number of carbonyl (C=O) groups excluding carboxylic acids is 1. The van der Waals surface area contributed by atoms with Crippen LogP contribution in [0.4, 0.5) is 4.79 Å². The molecular formula is C13H22N2O2. The summed E-state index contributed by atoms with van der Waals surface area (Å²) in [4.78, 5) is 11.7. The van der Waals surface area contributed by atoms with Crippen LogP contribution in [0.1, 0.15) is 27.2 Å². The van der Waals surface area contributed by atoms with Gasteiger partial charge in [0.2, 0.25) is 0 Å². The Hall–Kier alpha value is -1.03. The molecule has 0 aromatic heterocycles. The van der Waals surface area contributed by atoms with Crippen molar-refractivity contribution in [1.82, 2.24) is 10.6 Å². The zero-order valence-electron chi connectivity index (χ0n) is 10.8. The van der Waals surface area contributed by atoms with E-state index in [0.29, 0.717) is 11.8 Å². The maximum atomic E-state index is 11.7. The van der Waals surface area contributed by atoms with E-state index >= 15 is 0 Å². The van der Waals surface area contributed by atoms with Crippen molar-refractivity contribution in [2.24, 2.45) is 11.8 Å². The summed E-state index contributed by atoms with van der Waals surface area (Å²) < 4.78 is 5.29. The first kappa shape index (κ1) is 12.4. The lowest BCUT2D eigenvalue weighted by Crippen LogP contribution is -2.45. The summed E-state index contributed by atoms with van der Waals surface area (Å²) in [7, 11) is 0. The molecule has 3 unspecified atom stereocenters. The molecule has 1 amide bonds. The molecule has 1 aliphatic heterocycles. The van der Waals surface area contributed by atoms with Gasteiger partial charge in [-0.3, -0.25) is 0 Å². The van der Waals surface area contributed by atoms with Crippen LogP contribution in [0.25, 0.3) is 0 Å². The van der Waals surface area contributed by atoms with Crippen LogP contribution in [0, 0.1) is 11.8 Å². The van der Waals surface area contributed by atoms with Crippen molar-refractivity contribution in [2.75, 3.05) is 13.1 Å². The van der Waals surface area contributed by atoms with Gasteiger partial charge >= 0.3 is 6.09 Å². The van der Waals surface area contributed by atoms with Crippen LogP contribution in [-0.2, 0) is 4.74 Å². The van der Waals surface area contributed by atoms with Crippen molar-refractivity contribution in [3.8, 4) is 0 Å². The quantitative estimate of drug-likeness (QED) is 0.683. The van der Waals surface area contributed by atoms with Crippen LogP contribution in [-0.4, -0.2) is 30.8 Å². The molecule has 2 N–H and O–H groups in total. The number of alkyl carbamates (subject to hydrolysis) is 1. The molecule has 0 radical (unpaired) electrons. The second kappa shape index (κ2) is 4.69. The van der Waals surface area contributed by atoms with Crippen LogP contribution in [0.3, 0.4) is 0 Å². The lowest BCUT2D eigenvalue weighted by Gasteiger charge is -2.31. The summed E-state index contributed by atoms with van der Waals surface area (Å²) in [6, 6.07) is 0.204. The minimum absolute atomic E-state index is 0.204. The fourth-order valence-electron chi connectivity index (χ4n) is 2.57. The number of amides is 1. The molecule has 0 aromatic rings. The van der Waals surface area contributed by atoms with Crippen LogP contribution in [0.5, 0.6) is 0 Å². The summed E-state index contributed by atoms with van der Waals surface area (Å²) in [5.41, 5.74) is -0.429. The SMILES string of the molecule is CC(C)(C)OC(=O)NC1CC=CC2CNCC21. The second-order valence-electron chi connectivity index (χ2n) is 5.90. The summed E-state index contributed by atoms with van der Waals surface area (Å²) >= 11 is 0. The number of hydrogen-bond acceptors (Lipinski definition) is 3. The molecule has 1 fully saturated rings. The summed E-state index contributed by atoms with van der Waals surface area (Å²) in [6.07, 6.45) is 5.03. The van der Waals surface area contributed by atoms with E-state index in [2.05, 4.69) is 22.8 Å². The van der Waals surface area contributed by atoms with Gasteiger partial charge in [0.15, 0.2) is 0 Å². The molecule has 0 bridgehead atoms. The molecule has 1 saturated heterocycles. The molecular weight excluding hydrogens is 216 g/mol. The molecule has 0 aromatic carbocycles. The van der Waals surface area contributed by atoms with E-state index in [0.717, 1.165) is 19.5 Å². The molecule has 1 heterocycles. The predicted molar refractivity (Wildman–Crippen MR) is 66.8 cm³/mol. The molecule has 0 saturated carbocycles. The number of rotatable bonds is 1. The highest BCUT2D eigenvalue weighted by Gasteiger charge is 2.35. The van der Waals surface area contributed by atoms with Crippen molar-refractivity contribution < 1.29 is 9.53 Å². The van der Waals surface area contributed by atoms with Crippen molar-refractivity contribution >= 4 is 6.09 Å². The Labute approximate surface area is 103 Å². The normalized spacial score (nSPS) is 32.1. The van der Waals surface area contributed by atoms with Gasteiger partial charge in [-0.25, -0.2) is 4.79 Å². The molecule has 96 valence electrons. The van der Waals surface area contributed by atoms with E-state index in [1.54, 1.807) is 0 Å². The third-order valence-electron chi connectivity index (χ3n) is 3.30. The Morgan fingerprint density at radius 1 is 1.41 bits per heavy atom. The van der Waals surface area contributed by atoms with E-state index in [1.807, 2.05) is 20.8 Å². The van der Waals surface area contributed by atoms with Crippen LogP contribution < -0.4 is 10.6 Å². The molecule has 17 heavy (non-hydrogen) atoms. The topological polar surface area (TPSA) is 50.4 Å². The molecule has 2 rings (SSSR count). The van der Waals surface area contributed by atoms with Crippen LogP contribution in [0.2, 0.25) is 0 Å². The molecule has 2 aliphatic rings. The van der Waals surface area contributed by atoms with Crippen molar-refractivity contribution in [1.29, 1.82) is 0 Å². The van der Waals surface area contributed by atoms with Gasteiger partial charge in [-0.1, -0.05) is 12.2 Å². The average molecular weight is 238 g/mol. The third kappa shape index (κ3) is 3.22. The van der Waals surface area contributed by atoms with Gasteiger partial charge in [0.05, 0.1) is 0 Å². The fraction of sp³-hybridized carbons (Fsp3) is 0.769. The zero-order chi connectivity index (χ0) is 12.5. The number of hydrogen-bond donors (Lipinski definition) is 2. The lowest BCUT2D eigenvalue weighted by atomic mass is 9.83. The first-order valence-electron chi connectivity index (χ1n) is 6.32. The average Bonchev–Trinajstić information content (AvgIpc) is 2.63.